The van der Waals surface area contributed by atoms with Crippen molar-refractivity contribution < 1.29 is 18.9 Å². The quantitative estimate of drug-likeness (QED) is 0.274. The Morgan fingerprint density at radius 2 is 2.11 bits per heavy atom. The molecule has 1 aromatic carbocycles. The van der Waals surface area contributed by atoms with Gasteiger partial charge in [0.25, 0.3) is 5.69 Å². The van der Waals surface area contributed by atoms with E-state index < -0.39 is 16.3 Å². The van der Waals surface area contributed by atoms with E-state index in [0.29, 0.717) is 11.5 Å². The Labute approximate surface area is 156 Å². The van der Waals surface area contributed by atoms with E-state index in [1.54, 1.807) is 12.4 Å². The molecule has 138 valence electrons. The maximum atomic E-state index is 12.1. The molecule has 27 heavy (non-hydrogen) atoms. The summed E-state index contributed by atoms with van der Waals surface area (Å²) in [5, 5.41) is 11.4. The number of nitro groups is 1. The number of thioether (sulfide) groups is 1. The molecule has 0 saturated heterocycles. The molecule has 0 aliphatic carbocycles. The van der Waals surface area contributed by atoms with Gasteiger partial charge in [0.15, 0.2) is 5.16 Å². The van der Waals surface area contributed by atoms with Crippen LogP contribution in [0.4, 0.5) is 5.69 Å². The molecular weight excluding hydrogens is 374 g/mol. The molecule has 0 bridgehead atoms. The third kappa shape index (κ3) is 4.42. The van der Waals surface area contributed by atoms with Crippen molar-refractivity contribution in [2.24, 2.45) is 7.05 Å². The van der Waals surface area contributed by atoms with Crippen molar-refractivity contribution in [3.05, 3.63) is 80.7 Å². The topological polar surface area (TPSA) is 117 Å². The number of nitro benzene ring substituents is 1. The molecule has 0 fully saturated rings. The normalized spacial score (nSPS) is 10.6. The largest absolute Gasteiger partial charge is 0.464 e. The van der Waals surface area contributed by atoms with E-state index in [-0.39, 0.29) is 17.0 Å². The molecule has 10 heteroatoms. The average molecular weight is 387 g/mol. The van der Waals surface area contributed by atoms with Gasteiger partial charge in [-0.25, -0.2) is 9.78 Å². The van der Waals surface area contributed by atoms with Crippen LogP contribution in [0.25, 0.3) is 0 Å². The van der Waals surface area contributed by atoms with Gasteiger partial charge in [0.05, 0.1) is 16.2 Å². The van der Waals surface area contributed by atoms with E-state index in [9.17, 15) is 19.7 Å². The summed E-state index contributed by atoms with van der Waals surface area (Å²) < 4.78 is 12.2. The highest BCUT2D eigenvalue weighted by Gasteiger charge is 2.14. The number of benzene rings is 1. The van der Waals surface area contributed by atoms with E-state index in [4.69, 9.17) is 9.15 Å². The summed E-state index contributed by atoms with van der Waals surface area (Å²) in [4.78, 5) is 38.4. The van der Waals surface area contributed by atoms with Crippen LogP contribution in [0.5, 0.6) is 5.75 Å². The minimum atomic E-state index is -0.813. The van der Waals surface area contributed by atoms with Crippen LogP contribution in [0.15, 0.2) is 63.4 Å². The first kappa shape index (κ1) is 18.4. The van der Waals surface area contributed by atoms with Crippen molar-refractivity contribution in [3.63, 3.8) is 0 Å². The number of esters is 1. The lowest BCUT2D eigenvalue weighted by Gasteiger charge is -2.05. The van der Waals surface area contributed by atoms with Crippen molar-refractivity contribution in [1.29, 1.82) is 0 Å². The zero-order chi connectivity index (χ0) is 19.4. The highest BCUT2D eigenvalue weighted by Crippen LogP contribution is 2.21. The van der Waals surface area contributed by atoms with Crippen LogP contribution in [0, 0.1) is 10.1 Å². The molecule has 0 N–H and O–H groups in total. The molecule has 3 rings (SSSR count). The maximum absolute atomic E-state index is 12.1. The van der Waals surface area contributed by atoms with E-state index in [0.717, 1.165) is 11.4 Å². The van der Waals surface area contributed by atoms with Crippen LogP contribution in [-0.2, 0) is 12.8 Å². The number of hydrogen-bond donors (Lipinski definition) is 0. The zero-order valence-electron chi connectivity index (χ0n) is 14.0. The predicted octanol–water partition coefficient (Wildman–Crippen LogP) is 2.79. The second kappa shape index (κ2) is 7.87. The Kier molecular flexibility index (Phi) is 5.36. The van der Waals surface area contributed by atoms with Crippen LogP contribution in [-0.4, -0.2) is 20.4 Å². The minimum absolute atomic E-state index is 0.0782. The molecule has 0 spiro atoms. The van der Waals surface area contributed by atoms with Crippen LogP contribution < -0.4 is 10.2 Å². The van der Waals surface area contributed by atoms with Crippen molar-refractivity contribution in [2.75, 3.05) is 0 Å². The summed E-state index contributed by atoms with van der Waals surface area (Å²) in [6, 6.07) is 6.10. The molecule has 0 aliphatic rings. The lowest BCUT2D eigenvalue weighted by atomic mass is 10.2. The standard InChI is InChI=1S/C17H13N3O6S/c1-19-7-6-18-17(19)27-10-13-8-14(21)15(9-25-13)26-16(22)11-2-4-12(5-3-11)20(23)24/h2-9H,10H2,1H3. The smallest absolute Gasteiger partial charge is 0.343 e. The van der Waals surface area contributed by atoms with E-state index in [1.807, 2.05) is 11.6 Å². The molecular formula is C17H13N3O6S. The molecule has 9 nitrogen and oxygen atoms in total. The molecule has 0 radical (unpaired) electrons. The number of aromatic nitrogens is 2. The van der Waals surface area contributed by atoms with Gasteiger partial charge in [-0.2, -0.15) is 0 Å². The summed E-state index contributed by atoms with van der Waals surface area (Å²) in [6.45, 7) is 0. The fraction of sp³-hybridized carbons (Fsp3) is 0.118. The molecule has 0 amide bonds. The van der Waals surface area contributed by atoms with E-state index >= 15 is 0 Å². The van der Waals surface area contributed by atoms with Gasteiger partial charge in [0, 0.05) is 37.6 Å². The predicted molar refractivity (Wildman–Crippen MR) is 95.8 cm³/mol. The fourth-order valence-corrected chi connectivity index (χ4v) is 2.92. The van der Waals surface area contributed by atoms with Gasteiger partial charge in [0.2, 0.25) is 11.2 Å². The number of non-ortho nitro benzene ring substituents is 1. The minimum Gasteiger partial charge on any atom is -0.464 e. The van der Waals surface area contributed by atoms with Gasteiger partial charge in [-0.1, -0.05) is 11.8 Å². The Morgan fingerprint density at radius 1 is 1.37 bits per heavy atom. The van der Waals surface area contributed by atoms with E-state index in [1.165, 1.54) is 42.1 Å². The van der Waals surface area contributed by atoms with Gasteiger partial charge in [-0.05, 0) is 12.1 Å². The number of carbonyl (C=O) groups is 1. The molecule has 0 atom stereocenters. The number of ether oxygens (including phenoxy) is 1. The molecule has 2 aromatic heterocycles. The first-order valence-corrected chi connectivity index (χ1v) is 8.61. The van der Waals surface area contributed by atoms with Crippen LogP contribution >= 0.6 is 11.8 Å². The Bertz CT molecular complexity index is 1040. The van der Waals surface area contributed by atoms with Gasteiger partial charge in [-0.3, -0.25) is 14.9 Å². The number of nitrogens with zero attached hydrogens (tertiary/aromatic N) is 3. The first-order valence-electron chi connectivity index (χ1n) is 7.62. The van der Waals surface area contributed by atoms with Crippen molar-refractivity contribution in [1.82, 2.24) is 9.55 Å². The first-order chi connectivity index (χ1) is 12.9. The van der Waals surface area contributed by atoms with Crippen LogP contribution in [0.3, 0.4) is 0 Å². The Hall–Kier alpha value is -3.40. The molecule has 2 heterocycles. The van der Waals surface area contributed by atoms with Crippen molar-refractivity contribution in [3.8, 4) is 5.75 Å². The number of carbonyl (C=O) groups excluding carboxylic acids is 1. The summed E-state index contributed by atoms with van der Waals surface area (Å²) in [5.74, 6) is -0.281. The van der Waals surface area contributed by atoms with Gasteiger partial charge in [-0.15, -0.1) is 0 Å². The highest BCUT2D eigenvalue weighted by atomic mass is 32.2. The van der Waals surface area contributed by atoms with Crippen LogP contribution in [0.1, 0.15) is 16.1 Å². The molecule has 0 aliphatic heterocycles. The molecule has 0 unspecified atom stereocenters. The zero-order valence-corrected chi connectivity index (χ0v) is 14.8. The summed E-state index contributed by atoms with van der Waals surface area (Å²) in [7, 11) is 1.85. The third-order valence-corrected chi connectivity index (χ3v) is 4.57. The van der Waals surface area contributed by atoms with Crippen LogP contribution in [0.2, 0.25) is 0 Å². The van der Waals surface area contributed by atoms with E-state index in [2.05, 4.69) is 4.98 Å². The second-order valence-electron chi connectivity index (χ2n) is 5.38. The summed E-state index contributed by atoms with van der Waals surface area (Å²) in [6.07, 6.45) is 4.54. The van der Waals surface area contributed by atoms with Gasteiger partial charge >= 0.3 is 5.97 Å². The lowest BCUT2D eigenvalue weighted by molar-refractivity contribution is -0.384. The maximum Gasteiger partial charge on any atom is 0.343 e. The highest BCUT2D eigenvalue weighted by molar-refractivity contribution is 7.98. The summed E-state index contributed by atoms with van der Waals surface area (Å²) in [5.41, 5.74) is -0.581. The molecule has 3 aromatic rings. The fourth-order valence-electron chi connectivity index (χ4n) is 2.09. The Morgan fingerprint density at radius 3 is 2.70 bits per heavy atom. The number of rotatable bonds is 6. The SMILES string of the molecule is Cn1ccnc1SCc1cc(=O)c(OC(=O)c2ccc([N+](=O)[O-])cc2)co1. The van der Waals surface area contributed by atoms with Gasteiger partial charge in [0.1, 0.15) is 12.0 Å². The number of hydrogen-bond acceptors (Lipinski definition) is 8. The van der Waals surface area contributed by atoms with Gasteiger partial charge < -0.3 is 13.7 Å². The Balaban J connectivity index is 1.66. The number of aryl methyl sites for hydroxylation is 1. The lowest BCUT2D eigenvalue weighted by Crippen LogP contribution is -2.14. The molecule has 0 saturated carbocycles. The monoisotopic (exact) mass is 387 g/mol. The van der Waals surface area contributed by atoms with Crippen molar-refractivity contribution in [2.45, 2.75) is 10.9 Å². The van der Waals surface area contributed by atoms with Crippen molar-refractivity contribution >= 4 is 23.4 Å². The third-order valence-electron chi connectivity index (χ3n) is 3.49. The average Bonchev–Trinajstić information content (AvgIpc) is 3.07. The summed E-state index contributed by atoms with van der Waals surface area (Å²) >= 11 is 1.39. The number of imidazole rings is 1. The second-order valence-corrected chi connectivity index (χ2v) is 6.32.